The summed E-state index contributed by atoms with van der Waals surface area (Å²) >= 11 is 0. The number of nitriles is 1. The smallest absolute Gasteiger partial charge is 0.326 e. The maximum absolute atomic E-state index is 11.8. The van der Waals surface area contributed by atoms with Gasteiger partial charge in [-0.15, -0.1) is 0 Å². The van der Waals surface area contributed by atoms with Gasteiger partial charge in [0.1, 0.15) is 6.04 Å². The molecule has 1 rings (SSSR count). The van der Waals surface area contributed by atoms with Crippen molar-refractivity contribution in [1.82, 2.24) is 5.32 Å². The Hall–Kier alpha value is -2.88. The van der Waals surface area contributed by atoms with Gasteiger partial charge >= 0.3 is 5.97 Å². The van der Waals surface area contributed by atoms with Crippen LogP contribution in [0.25, 0.3) is 0 Å². The molecule has 0 bridgehead atoms. The summed E-state index contributed by atoms with van der Waals surface area (Å²) < 4.78 is 0. The molecule has 0 aliphatic rings. The summed E-state index contributed by atoms with van der Waals surface area (Å²) in [5.41, 5.74) is 5.56. The zero-order valence-corrected chi connectivity index (χ0v) is 10.5. The number of nitrogens with zero attached hydrogens (tertiary/aromatic N) is 1. The molecule has 0 radical (unpaired) electrons. The SMILES string of the molecule is N#Cc1ccc(C(=O)NC(CCC(N)=O)C(=O)O)cc1. The molecule has 4 N–H and O–H groups in total. The maximum atomic E-state index is 11.8. The Morgan fingerprint density at radius 1 is 1.30 bits per heavy atom. The van der Waals surface area contributed by atoms with Crippen LogP contribution in [0.1, 0.15) is 28.8 Å². The molecule has 20 heavy (non-hydrogen) atoms. The Bertz CT molecular complexity index is 560. The average Bonchev–Trinajstić information content (AvgIpc) is 2.42. The molecule has 0 aromatic heterocycles. The van der Waals surface area contributed by atoms with Crippen LogP contribution in [0.3, 0.4) is 0 Å². The number of carboxylic acids is 1. The van der Waals surface area contributed by atoms with Crippen molar-refractivity contribution in [3.8, 4) is 6.07 Å². The topological polar surface area (TPSA) is 133 Å². The number of amides is 2. The lowest BCUT2D eigenvalue weighted by Crippen LogP contribution is -2.41. The maximum Gasteiger partial charge on any atom is 0.326 e. The van der Waals surface area contributed by atoms with E-state index in [0.717, 1.165) is 0 Å². The Labute approximate surface area is 115 Å². The van der Waals surface area contributed by atoms with Crippen molar-refractivity contribution in [2.75, 3.05) is 0 Å². The number of hydrogen-bond acceptors (Lipinski definition) is 4. The number of primary amides is 1. The third-order valence-electron chi connectivity index (χ3n) is 2.56. The Balaban J connectivity index is 2.72. The molecular weight excluding hydrogens is 262 g/mol. The number of nitrogens with two attached hydrogens (primary N) is 1. The minimum atomic E-state index is -1.24. The van der Waals surface area contributed by atoms with E-state index in [-0.39, 0.29) is 18.4 Å². The van der Waals surface area contributed by atoms with Crippen LogP contribution in [0.2, 0.25) is 0 Å². The summed E-state index contributed by atoms with van der Waals surface area (Å²) in [5.74, 6) is -2.47. The van der Waals surface area contributed by atoms with E-state index in [2.05, 4.69) is 5.32 Å². The fraction of sp³-hybridized carbons (Fsp3) is 0.231. The van der Waals surface area contributed by atoms with Crippen molar-refractivity contribution in [3.05, 3.63) is 35.4 Å². The fourth-order valence-electron chi connectivity index (χ4n) is 1.48. The van der Waals surface area contributed by atoms with Crippen molar-refractivity contribution < 1.29 is 19.5 Å². The molecule has 104 valence electrons. The first kappa shape index (κ1) is 15.2. The number of benzene rings is 1. The van der Waals surface area contributed by atoms with E-state index in [1.807, 2.05) is 6.07 Å². The fourth-order valence-corrected chi connectivity index (χ4v) is 1.48. The highest BCUT2D eigenvalue weighted by Crippen LogP contribution is 2.05. The molecule has 0 fully saturated rings. The predicted molar refractivity (Wildman–Crippen MR) is 68.5 cm³/mol. The highest BCUT2D eigenvalue weighted by molar-refractivity contribution is 5.96. The van der Waals surface area contributed by atoms with Crippen LogP contribution >= 0.6 is 0 Å². The van der Waals surface area contributed by atoms with Gasteiger partial charge in [0.25, 0.3) is 5.91 Å². The molecule has 2 amide bonds. The summed E-state index contributed by atoms with van der Waals surface area (Å²) in [4.78, 5) is 33.4. The normalized spacial score (nSPS) is 11.2. The van der Waals surface area contributed by atoms with Crippen LogP contribution in [0.5, 0.6) is 0 Å². The second-order valence-electron chi connectivity index (χ2n) is 4.06. The van der Waals surface area contributed by atoms with Crippen LogP contribution < -0.4 is 11.1 Å². The summed E-state index contributed by atoms with van der Waals surface area (Å²) in [6, 6.07) is 6.46. The van der Waals surface area contributed by atoms with Crippen LogP contribution in [-0.2, 0) is 9.59 Å². The van der Waals surface area contributed by atoms with Crippen LogP contribution in [0.4, 0.5) is 0 Å². The third kappa shape index (κ3) is 4.42. The first-order chi connectivity index (χ1) is 9.43. The summed E-state index contributed by atoms with van der Waals surface area (Å²) in [6.07, 6.45) is -0.211. The molecule has 1 aromatic carbocycles. The van der Waals surface area contributed by atoms with Gasteiger partial charge in [0, 0.05) is 12.0 Å². The minimum Gasteiger partial charge on any atom is -0.480 e. The number of nitrogens with one attached hydrogen (secondary N) is 1. The molecule has 1 unspecified atom stereocenters. The molecule has 0 heterocycles. The molecule has 0 aliphatic carbocycles. The lowest BCUT2D eigenvalue weighted by Gasteiger charge is -2.13. The van der Waals surface area contributed by atoms with Gasteiger partial charge in [-0.2, -0.15) is 5.26 Å². The van der Waals surface area contributed by atoms with Gasteiger partial charge in [0.15, 0.2) is 0 Å². The Morgan fingerprint density at radius 3 is 2.35 bits per heavy atom. The second kappa shape index (κ2) is 6.89. The van der Waals surface area contributed by atoms with Gasteiger partial charge in [0.05, 0.1) is 11.6 Å². The predicted octanol–water partition coefficient (Wildman–Crippen LogP) is 0.00678. The third-order valence-corrected chi connectivity index (χ3v) is 2.56. The van der Waals surface area contributed by atoms with Crippen LogP contribution in [0.15, 0.2) is 24.3 Å². The van der Waals surface area contributed by atoms with Crippen molar-refractivity contribution in [1.29, 1.82) is 5.26 Å². The molecule has 1 aromatic rings. The van der Waals surface area contributed by atoms with Crippen molar-refractivity contribution >= 4 is 17.8 Å². The van der Waals surface area contributed by atoms with Crippen molar-refractivity contribution in [2.24, 2.45) is 5.73 Å². The van der Waals surface area contributed by atoms with E-state index >= 15 is 0 Å². The molecule has 0 spiro atoms. The van der Waals surface area contributed by atoms with Crippen molar-refractivity contribution in [2.45, 2.75) is 18.9 Å². The van der Waals surface area contributed by atoms with E-state index < -0.39 is 23.8 Å². The molecule has 1 atom stereocenters. The van der Waals surface area contributed by atoms with E-state index in [1.165, 1.54) is 24.3 Å². The number of carbonyl (C=O) groups is 3. The van der Waals surface area contributed by atoms with E-state index in [1.54, 1.807) is 0 Å². The number of carboxylic acid groups (broad SMARTS) is 1. The minimum absolute atomic E-state index is 0.0767. The highest BCUT2D eigenvalue weighted by Gasteiger charge is 2.21. The van der Waals surface area contributed by atoms with E-state index in [0.29, 0.717) is 5.56 Å². The lowest BCUT2D eigenvalue weighted by molar-refractivity contribution is -0.139. The first-order valence-electron chi connectivity index (χ1n) is 5.76. The van der Waals surface area contributed by atoms with Gasteiger partial charge in [-0.3, -0.25) is 9.59 Å². The summed E-state index contributed by atoms with van der Waals surface area (Å²) in [5, 5.41) is 19.9. The van der Waals surface area contributed by atoms with Crippen LogP contribution in [-0.4, -0.2) is 28.9 Å². The molecular formula is C13H13N3O4. The number of aliphatic carboxylic acids is 1. The monoisotopic (exact) mass is 275 g/mol. The molecule has 7 nitrogen and oxygen atoms in total. The van der Waals surface area contributed by atoms with Gasteiger partial charge in [0.2, 0.25) is 5.91 Å². The summed E-state index contributed by atoms with van der Waals surface area (Å²) in [7, 11) is 0. The lowest BCUT2D eigenvalue weighted by atomic mass is 10.1. The molecule has 7 heteroatoms. The summed E-state index contributed by atoms with van der Waals surface area (Å²) in [6.45, 7) is 0. The van der Waals surface area contributed by atoms with Gasteiger partial charge < -0.3 is 16.2 Å². The van der Waals surface area contributed by atoms with Crippen LogP contribution in [0, 0.1) is 11.3 Å². The average molecular weight is 275 g/mol. The quantitative estimate of drug-likeness (QED) is 0.672. The molecule has 0 aliphatic heterocycles. The first-order valence-corrected chi connectivity index (χ1v) is 5.76. The zero-order chi connectivity index (χ0) is 15.1. The van der Waals surface area contributed by atoms with Gasteiger partial charge in [-0.05, 0) is 30.7 Å². The highest BCUT2D eigenvalue weighted by atomic mass is 16.4. The van der Waals surface area contributed by atoms with E-state index in [9.17, 15) is 14.4 Å². The molecule has 0 saturated carbocycles. The molecule has 0 saturated heterocycles. The van der Waals surface area contributed by atoms with Crippen molar-refractivity contribution in [3.63, 3.8) is 0 Å². The van der Waals surface area contributed by atoms with Gasteiger partial charge in [-0.1, -0.05) is 0 Å². The number of rotatable bonds is 6. The zero-order valence-electron chi connectivity index (χ0n) is 10.5. The number of hydrogen-bond donors (Lipinski definition) is 3. The standard InChI is InChI=1S/C13H13N3O4/c14-7-8-1-3-9(4-2-8)12(18)16-10(13(19)20)5-6-11(15)17/h1-4,10H,5-6H2,(H2,15,17)(H,16,18)(H,19,20). The Morgan fingerprint density at radius 2 is 1.90 bits per heavy atom. The van der Waals surface area contributed by atoms with Gasteiger partial charge in [-0.25, -0.2) is 4.79 Å². The largest absolute Gasteiger partial charge is 0.480 e. The van der Waals surface area contributed by atoms with E-state index in [4.69, 9.17) is 16.1 Å². The second-order valence-corrected chi connectivity index (χ2v) is 4.06. The number of carbonyl (C=O) groups excluding carboxylic acids is 2. The Kier molecular flexibility index (Phi) is 5.23.